The third-order valence-electron chi connectivity index (χ3n) is 7.17. The number of H-pyrrole nitrogens is 1. The number of benzene rings is 3. The zero-order valence-electron chi connectivity index (χ0n) is 23.3. The van der Waals surface area contributed by atoms with Gasteiger partial charge in [-0.25, -0.2) is 4.68 Å². The Balaban J connectivity index is 1.50. The molecule has 9 heteroatoms. The number of hydrogen-bond acceptors (Lipinski definition) is 7. The molecule has 206 valence electrons. The number of aryl methyl sites for hydroxylation is 1. The fourth-order valence-electron chi connectivity index (χ4n) is 5.01. The van der Waals surface area contributed by atoms with Gasteiger partial charge in [-0.05, 0) is 82.2 Å². The Bertz CT molecular complexity index is 1630. The van der Waals surface area contributed by atoms with Gasteiger partial charge in [0.2, 0.25) is 0 Å². The maximum absolute atomic E-state index is 13.2. The molecular weight excluding hydrogens is 504 g/mol. The summed E-state index contributed by atoms with van der Waals surface area (Å²) in [6.07, 6.45) is 0.754. The highest BCUT2D eigenvalue weighted by Crippen LogP contribution is 2.28. The van der Waals surface area contributed by atoms with Crippen molar-refractivity contribution in [2.75, 3.05) is 14.2 Å². The van der Waals surface area contributed by atoms with Crippen molar-refractivity contribution in [2.45, 2.75) is 45.9 Å². The van der Waals surface area contributed by atoms with Crippen LogP contribution < -0.4 is 15.0 Å². The molecule has 1 N–H and O–H groups in total. The number of nitrogens with zero attached hydrogens (tertiary/aromatic N) is 5. The first-order valence-electron chi connectivity index (χ1n) is 13.4. The average Bonchev–Trinajstić information content (AvgIpc) is 3.42. The minimum atomic E-state index is -0.136. The van der Waals surface area contributed by atoms with Crippen molar-refractivity contribution in [3.63, 3.8) is 0 Å². The monoisotopic (exact) mass is 538 g/mol. The van der Waals surface area contributed by atoms with E-state index in [1.807, 2.05) is 78.3 Å². The molecule has 9 nitrogen and oxygen atoms in total. The lowest BCUT2D eigenvalue weighted by atomic mass is 10.1. The van der Waals surface area contributed by atoms with Crippen molar-refractivity contribution in [3.8, 4) is 11.5 Å². The van der Waals surface area contributed by atoms with Crippen molar-refractivity contribution in [1.82, 2.24) is 30.1 Å². The molecule has 0 amide bonds. The van der Waals surface area contributed by atoms with Crippen LogP contribution in [0.15, 0.2) is 77.6 Å². The van der Waals surface area contributed by atoms with Crippen molar-refractivity contribution in [2.24, 2.45) is 0 Å². The highest BCUT2D eigenvalue weighted by Gasteiger charge is 2.26. The number of fused-ring (bicyclic) bond motifs is 1. The van der Waals surface area contributed by atoms with Gasteiger partial charge in [0.15, 0.2) is 5.82 Å². The average molecular weight is 539 g/mol. The number of ether oxygens (including phenoxy) is 2. The van der Waals surface area contributed by atoms with E-state index in [0.29, 0.717) is 25.2 Å². The van der Waals surface area contributed by atoms with Gasteiger partial charge in [0.25, 0.3) is 5.56 Å². The van der Waals surface area contributed by atoms with Crippen LogP contribution in [-0.2, 0) is 19.6 Å². The fraction of sp³-hybridized carbons (Fsp3) is 0.290. The van der Waals surface area contributed by atoms with E-state index in [-0.39, 0.29) is 11.6 Å². The second kappa shape index (κ2) is 12.1. The van der Waals surface area contributed by atoms with Gasteiger partial charge in [0, 0.05) is 24.2 Å². The molecule has 2 aromatic heterocycles. The van der Waals surface area contributed by atoms with Gasteiger partial charge in [0.05, 0.1) is 26.8 Å². The van der Waals surface area contributed by atoms with Gasteiger partial charge in [-0.2, -0.15) is 0 Å². The predicted molar refractivity (Wildman–Crippen MR) is 154 cm³/mol. The Kier molecular flexibility index (Phi) is 8.21. The van der Waals surface area contributed by atoms with Crippen LogP contribution in [0, 0.1) is 6.92 Å². The minimum absolute atomic E-state index is 0.0921. The van der Waals surface area contributed by atoms with E-state index in [2.05, 4.69) is 38.4 Å². The summed E-state index contributed by atoms with van der Waals surface area (Å²) in [6, 6.07) is 23.8. The molecule has 5 rings (SSSR count). The lowest BCUT2D eigenvalue weighted by molar-refractivity contribution is 0.161. The summed E-state index contributed by atoms with van der Waals surface area (Å²) in [7, 11) is 3.31. The van der Waals surface area contributed by atoms with E-state index in [0.717, 1.165) is 51.3 Å². The maximum Gasteiger partial charge on any atom is 0.252 e. The molecule has 0 saturated heterocycles. The topological polar surface area (TPSA) is 98.2 Å². The largest absolute Gasteiger partial charge is 0.497 e. The normalized spacial score (nSPS) is 12.1. The first-order valence-corrected chi connectivity index (χ1v) is 13.4. The molecule has 1 atom stereocenters. The highest BCUT2D eigenvalue weighted by atomic mass is 16.5. The number of aromatic amines is 1. The number of tetrazole rings is 1. The Labute approximate surface area is 233 Å². The number of nitrogens with one attached hydrogen (secondary N) is 1. The van der Waals surface area contributed by atoms with Crippen LogP contribution in [0.25, 0.3) is 10.9 Å². The number of pyridine rings is 1. The Hall–Kier alpha value is -4.50. The lowest BCUT2D eigenvalue weighted by Crippen LogP contribution is -2.32. The zero-order valence-corrected chi connectivity index (χ0v) is 23.3. The summed E-state index contributed by atoms with van der Waals surface area (Å²) < 4.78 is 12.5. The van der Waals surface area contributed by atoms with Gasteiger partial charge in [-0.3, -0.25) is 9.69 Å². The van der Waals surface area contributed by atoms with E-state index in [1.54, 1.807) is 14.2 Å². The van der Waals surface area contributed by atoms with E-state index in [4.69, 9.17) is 9.47 Å². The molecule has 0 aliphatic carbocycles. The summed E-state index contributed by atoms with van der Waals surface area (Å²) in [5.74, 6) is 2.35. The molecule has 0 radical (unpaired) electrons. The summed E-state index contributed by atoms with van der Waals surface area (Å²) in [6.45, 7) is 5.69. The van der Waals surface area contributed by atoms with Crippen LogP contribution in [0.1, 0.15) is 47.5 Å². The molecule has 2 heterocycles. The second-order valence-electron chi connectivity index (χ2n) is 9.93. The zero-order chi connectivity index (χ0) is 28.1. The van der Waals surface area contributed by atoms with Gasteiger partial charge in [0.1, 0.15) is 11.5 Å². The first kappa shape index (κ1) is 27.1. The van der Waals surface area contributed by atoms with Gasteiger partial charge >= 0.3 is 0 Å². The van der Waals surface area contributed by atoms with Gasteiger partial charge < -0.3 is 14.5 Å². The summed E-state index contributed by atoms with van der Waals surface area (Å²) >= 11 is 0. The number of methoxy groups -OCH3 is 2. The smallest absolute Gasteiger partial charge is 0.252 e. The van der Waals surface area contributed by atoms with Crippen LogP contribution in [0.2, 0.25) is 0 Å². The Morgan fingerprint density at radius 3 is 2.23 bits per heavy atom. The number of rotatable bonds is 11. The first-order chi connectivity index (χ1) is 19.5. The summed E-state index contributed by atoms with van der Waals surface area (Å²) in [4.78, 5) is 18.6. The molecule has 0 aliphatic rings. The van der Waals surface area contributed by atoms with E-state index < -0.39 is 0 Å². The van der Waals surface area contributed by atoms with E-state index in [1.165, 1.54) is 0 Å². The van der Waals surface area contributed by atoms with Crippen molar-refractivity contribution in [3.05, 3.63) is 111 Å². The maximum atomic E-state index is 13.2. The Morgan fingerprint density at radius 1 is 0.900 bits per heavy atom. The third kappa shape index (κ3) is 6.05. The minimum Gasteiger partial charge on any atom is -0.497 e. The van der Waals surface area contributed by atoms with Crippen LogP contribution in [-0.4, -0.2) is 44.3 Å². The van der Waals surface area contributed by atoms with Crippen LogP contribution in [0.5, 0.6) is 11.5 Å². The van der Waals surface area contributed by atoms with Crippen molar-refractivity contribution >= 4 is 10.9 Å². The molecule has 0 aliphatic heterocycles. The highest BCUT2D eigenvalue weighted by molar-refractivity contribution is 5.79. The van der Waals surface area contributed by atoms with Crippen molar-refractivity contribution < 1.29 is 9.47 Å². The summed E-state index contributed by atoms with van der Waals surface area (Å²) in [5, 5.41) is 13.8. The molecule has 0 fully saturated rings. The number of hydrogen-bond donors (Lipinski definition) is 1. The summed E-state index contributed by atoms with van der Waals surface area (Å²) in [5.41, 5.74) is 4.70. The lowest BCUT2D eigenvalue weighted by Gasteiger charge is -2.30. The molecule has 40 heavy (non-hydrogen) atoms. The van der Waals surface area contributed by atoms with E-state index in [9.17, 15) is 4.79 Å². The van der Waals surface area contributed by atoms with Gasteiger partial charge in [-0.15, -0.1) is 5.10 Å². The molecule has 0 spiro atoms. The molecular formula is C31H34N6O3. The second-order valence-corrected chi connectivity index (χ2v) is 9.93. The Morgan fingerprint density at radius 2 is 1.57 bits per heavy atom. The molecule has 5 aromatic rings. The van der Waals surface area contributed by atoms with Gasteiger partial charge in [-0.1, -0.05) is 43.3 Å². The SMILES string of the molecule is CCC(c1nnnn1Cc1ccc(OC)cc1)N(Cc1ccc(OC)cc1)Cc1cc2ccc(C)cc2[nH]c1=O. The predicted octanol–water partition coefficient (Wildman–Crippen LogP) is 5.04. The quantitative estimate of drug-likeness (QED) is 0.252. The third-order valence-corrected chi connectivity index (χ3v) is 7.17. The molecule has 1 unspecified atom stereocenters. The number of aromatic nitrogens is 5. The fourth-order valence-corrected chi connectivity index (χ4v) is 5.01. The standard InChI is InChI=1S/C31H34N6O3/c1-5-29(30-33-34-35-37(30)19-23-9-14-27(40-4)15-10-23)36(18-22-7-12-26(39-3)13-8-22)20-25-17-24-11-6-21(2)16-28(24)32-31(25)38/h6-17,29H,5,18-20H2,1-4H3,(H,32,38). The van der Waals surface area contributed by atoms with Crippen LogP contribution in [0.4, 0.5) is 0 Å². The van der Waals surface area contributed by atoms with Crippen LogP contribution in [0.3, 0.4) is 0 Å². The molecule has 0 bridgehead atoms. The van der Waals surface area contributed by atoms with Crippen LogP contribution >= 0.6 is 0 Å². The van der Waals surface area contributed by atoms with Crippen molar-refractivity contribution in [1.29, 1.82) is 0 Å². The molecule has 0 saturated carbocycles. The molecule has 3 aromatic carbocycles. The van der Waals surface area contributed by atoms with E-state index >= 15 is 0 Å².